The number of aryl methyl sites for hydroxylation is 1. The fraction of sp³-hybridized carbons (Fsp3) is 0.429. The lowest BCUT2D eigenvalue weighted by Crippen LogP contribution is -2.60. The molecule has 102 valence electrons. The average Bonchev–Trinajstić information content (AvgIpc) is 2.35. The zero-order valence-corrected chi connectivity index (χ0v) is 11.1. The number of carboxylic acid groups (broad SMARTS) is 1. The van der Waals surface area contributed by atoms with Gasteiger partial charge >= 0.3 is 5.97 Å². The van der Waals surface area contributed by atoms with E-state index in [1.165, 1.54) is 0 Å². The highest BCUT2D eigenvalue weighted by Crippen LogP contribution is 2.24. The Morgan fingerprint density at radius 2 is 2.05 bits per heavy atom. The number of carbonyl (C=O) groups is 2. The summed E-state index contributed by atoms with van der Waals surface area (Å²) in [6.45, 7) is 4.50. The molecule has 1 aliphatic rings. The second kappa shape index (κ2) is 5.30. The van der Waals surface area contributed by atoms with Crippen LogP contribution >= 0.6 is 0 Å². The second-order valence-electron chi connectivity index (χ2n) is 4.95. The molecule has 5 heteroatoms. The van der Waals surface area contributed by atoms with Crippen LogP contribution in [0.5, 0.6) is 0 Å². The maximum Gasteiger partial charge on any atom is 0.305 e. The van der Waals surface area contributed by atoms with Crippen LogP contribution in [-0.2, 0) is 9.59 Å². The molecule has 1 amide bonds. The highest BCUT2D eigenvalue weighted by Gasteiger charge is 2.35. The largest absolute Gasteiger partial charge is 0.481 e. The molecule has 2 rings (SSSR count). The zero-order valence-electron chi connectivity index (χ0n) is 11.1. The van der Waals surface area contributed by atoms with E-state index in [0.29, 0.717) is 6.54 Å². The summed E-state index contributed by atoms with van der Waals surface area (Å²) in [5.74, 6) is -1.19. The minimum Gasteiger partial charge on any atom is -0.481 e. The van der Waals surface area contributed by atoms with Crippen molar-refractivity contribution >= 4 is 17.6 Å². The van der Waals surface area contributed by atoms with Gasteiger partial charge in [0.1, 0.15) is 6.04 Å². The van der Waals surface area contributed by atoms with Gasteiger partial charge in [-0.05, 0) is 26.0 Å². The van der Waals surface area contributed by atoms with Gasteiger partial charge in [0.2, 0.25) is 5.91 Å². The van der Waals surface area contributed by atoms with Gasteiger partial charge in [0, 0.05) is 18.3 Å². The van der Waals surface area contributed by atoms with Gasteiger partial charge in [-0.25, -0.2) is 0 Å². The van der Waals surface area contributed by atoms with Gasteiger partial charge in [0.15, 0.2) is 0 Å². The quantitative estimate of drug-likeness (QED) is 0.857. The van der Waals surface area contributed by atoms with Crippen LogP contribution in [0.3, 0.4) is 0 Å². The first kappa shape index (κ1) is 13.4. The molecule has 1 heterocycles. The van der Waals surface area contributed by atoms with Gasteiger partial charge in [0.05, 0.1) is 6.42 Å². The number of piperazine rings is 1. The summed E-state index contributed by atoms with van der Waals surface area (Å²) in [5.41, 5.74) is 2.02. The van der Waals surface area contributed by atoms with E-state index in [0.717, 1.165) is 11.3 Å². The second-order valence-corrected chi connectivity index (χ2v) is 4.95. The summed E-state index contributed by atoms with van der Waals surface area (Å²) < 4.78 is 0. The number of carboxylic acids is 1. The molecule has 19 heavy (non-hydrogen) atoms. The van der Waals surface area contributed by atoms with Gasteiger partial charge in [-0.2, -0.15) is 0 Å². The van der Waals surface area contributed by atoms with Crippen LogP contribution in [0.2, 0.25) is 0 Å². The van der Waals surface area contributed by atoms with Crippen molar-refractivity contribution in [2.75, 3.05) is 11.4 Å². The number of nitrogens with one attached hydrogen (secondary N) is 1. The first-order valence-electron chi connectivity index (χ1n) is 6.33. The Labute approximate surface area is 112 Å². The number of nitrogens with zero attached hydrogens (tertiary/aromatic N) is 1. The molecule has 0 saturated carbocycles. The number of hydrogen-bond donors (Lipinski definition) is 2. The van der Waals surface area contributed by atoms with E-state index in [1.54, 1.807) is 0 Å². The van der Waals surface area contributed by atoms with Crippen LogP contribution in [0.25, 0.3) is 0 Å². The van der Waals surface area contributed by atoms with E-state index in [1.807, 2.05) is 43.0 Å². The number of hydrogen-bond acceptors (Lipinski definition) is 3. The fourth-order valence-electron chi connectivity index (χ4n) is 2.41. The number of carbonyl (C=O) groups excluding carboxylic acids is 1. The Morgan fingerprint density at radius 3 is 2.63 bits per heavy atom. The molecule has 0 aromatic heterocycles. The van der Waals surface area contributed by atoms with Crippen molar-refractivity contribution in [2.24, 2.45) is 0 Å². The Balaban J connectivity index is 2.33. The van der Waals surface area contributed by atoms with E-state index in [9.17, 15) is 9.59 Å². The number of amides is 1. The van der Waals surface area contributed by atoms with Gasteiger partial charge in [-0.3, -0.25) is 9.59 Å². The molecule has 1 saturated heterocycles. The summed E-state index contributed by atoms with van der Waals surface area (Å²) in [6.07, 6.45) is -0.190. The van der Waals surface area contributed by atoms with Crippen LogP contribution in [0.15, 0.2) is 24.3 Å². The molecule has 0 spiro atoms. The molecule has 1 fully saturated rings. The van der Waals surface area contributed by atoms with Crippen LogP contribution in [0.1, 0.15) is 18.9 Å². The van der Waals surface area contributed by atoms with E-state index in [4.69, 9.17) is 5.11 Å². The van der Waals surface area contributed by atoms with Gasteiger partial charge in [-0.15, -0.1) is 0 Å². The molecular weight excluding hydrogens is 244 g/mol. The van der Waals surface area contributed by atoms with Crippen molar-refractivity contribution in [3.8, 4) is 0 Å². The molecule has 2 atom stereocenters. The van der Waals surface area contributed by atoms with E-state index >= 15 is 0 Å². The normalized spacial score (nSPS) is 23.1. The maximum absolute atomic E-state index is 11.9. The third-order valence-corrected chi connectivity index (χ3v) is 3.39. The number of aliphatic carboxylic acids is 1. The summed E-state index contributed by atoms with van der Waals surface area (Å²) in [5, 5.41) is 11.7. The van der Waals surface area contributed by atoms with Crippen molar-refractivity contribution in [2.45, 2.75) is 32.4 Å². The van der Waals surface area contributed by atoms with Crippen LogP contribution in [0.4, 0.5) is 5.69 Å². The average molecular weight is 262 g/mol. The maximum atomic E-state index is 11.9. The lowest BCUT2D eigenvalue weighted by molar-refractivity contribution is -0.140. The Hall–Kier alpha value is -2.04. The van der Waals surface area contributed by atoms with Crippen LogP contribution in [-0.4, -0.2) is 35.6 Å². The minimum atomic E-state index is -0.966. The van der Waals surface area contributed by atoms with Gasteiger partial charge in [-0.1, -0.05) is 17.7 Å². The molecule has 0 aliphatic carbocycles. The van der Waals surface area contributed by atoms with Crippen molar-refractivity contribution in [3.05, 3.63) is 29.8 Å². The Morgan fingerprint density at radius 1 is 1.42 bits per heavy atom. The van der Waals surface area contributed by atoms with Gasteiger partial charge < -0.3 is 15.3 Å². The van der Waals surface area contributed by atoms with Gasteiger partial charge in [0.25, 0.3) is 0 Å². The lowest BCUT2D eigenvalue weighted by atomic mass is 10.0. The van der Waals surface area contributed by atoms with E-state index in [-0.39, 0.29) is 18.4 Å². The topological polar surface area (TPSA) is 69.6 Å². The van der Waals surface area contributed by atoms with Crippen molar-refractivity contribution in [3.63, 3.8) is 0 Å². The zero-order chi connectivity index (χ0) is 14.0. The standard InChI is InChI=1S/C14H18N2O3/c1-9-3-5-11(6-4-9)16-10(2)8-15-14(19)12(16)7-13(17)18/h3-6,10,12H,7-8H2,1-2H3,(H,15,19)(H,17,18). The molecule has 5 nitrogen and oxygen atoms in total. The van der Waals surface area contributed by atoms with Crippen molar-refractivity contribution in [1.29, 1.82) is 0 Å². The predicted octanol–water partition coefficient (Wildman–Crippen LogP) is 1.16. The minimum absolute atomic E-state index is 0.0738. The Bertz CT molecular complexity index is 484. The highest BCUT2D eigenvalue weighted by molar-refractivity contribution is 5.90. The monoisotopic (exact) mass is 262 g/mol. The molecule has 1 aromatic rings. The van der Waals surface area contributed by atoms with Crippen molar-refractivity contribution < 1.29 is 14.7 Å². The summed E-state index contributed by atoms with van der Waals surface area (Å²) >= 11 is 0. The first-order chi connectivity index (χ1) is 8.99. The number of benzene rings is 1. The van der Waals surface area contributed by atoms with E-state index < -0.39 is 12.0 Å². The fourth-order valence-corrected chi connectivity index (χ4v) is 2.41. The molecular formula is C14H18N2O3. The van der Waals surface area contributed by atoms with E-state index in [2.05, 4.69) is 5.32 Å². The van der Waals surface area contributed by atoms with Crippen LogP contribution in [0, 0.1) is 6.92 Å². The molecule has 1 aliphatic heterocycles. The first-order valence-corrected chi connectivity index (χ1v) is 6.33. The molecule has 2 unspecified atom stereocenters. The number of rotatable bonds is 3. The SMILES string of the molecule is Cc1ccc(N2C(C)CNC(=O)C2CC(=O)O)cc1. The summed E-state index contributed by atoms with van der Waals surface area (Å²) in [6, 6.07) is 7.21. The molecule has 2 N–H and O–H groups in total. The highest BCUT2D eigenvalue weighted by atomic mass is 16.4. The molecule has 1 aromatic carbocycles. The lowest BCUT2D eigenvalue weighted by Gasteiger charge is -2.41. The summed E-state index contributed by atoms with van der Waals surface area (Å²) in [4.78, 5) is 24.7. The predicted molar refractivity (Wildman–Crippen MR) is 72.2 cm³/mol. The number of anilines is 1. The summed E-state index contributed by atoms with van der Waals surface area (Å²) in [7, 11) is 0. The Kier molecular flexibility index (Phi) is 3.74. The third kappa shape index (κ3) is 2.86. The van der Waals surface area contributed by atoms with Crippen LogP contribution < -0.4 is 10.2 Å². The third-order valence-electron chi connectivity index (χ3n) is 3.39. The van der Waals surface area contributed by atoms with Crippen molar-refractivity contribution in [1.82, 2.24) is 5.32 Å². The molecule has 0 radical (unpaired) electrons. The molecule has 0 bridgehead atoms. The smallest absolute Gasteiger partial charge is 0.305 e.